The summed E-state index contributed by atoms with van der Waals surface area (Å²) in [7, 11) is 0. The van der Waals surface area contributed by atoms with Crippen LogP contribution in [0, 0.1) is 3.57 Å². The van der Waals surface area contributed by atoms with E-state index >= 15 is 0 Å². The predicted molar refractivity (Wildman–Crippen MR) is 62.2 cm³/mol. The zero-order valence-corrected chi connectivity index (χ0v) is 9.83. The third-order valence-electron chi connectivity index (χ3n) is 1.67. The van der Waals surface area contributed by atoms with Crippen LogP contribution in [0.3, 0.4) is 0 Å². The summed E-state index contributed by atoms with van der Waals surface area (Å²) in [5.74, 6) is 0. The highest BCUT2D eigenvalue weighted by Crippen LogP contribution is 2.25. The van der Waals surface area contributed by atoms with Gasteiger partial charge in [0.1, 0.15) is 0 Å². The minimum Gasteiger partial charge on any atom is -0.264 e. The average Bonchev–Trinajstić information content (AvgIpc) is 2.04. The molecule has 60 valence electrons. The highest BCUT2D eigenvalue weighted by molar-refractivity contribution is 14.1. The molecule has 0 N–H and O–H groups in total. The highest BCUT2D eigenvalue weighted by atomic mass is 127. The average molecular weight is 334 g/mol. The van der Waals surface area contributed by atoms with E-state index in [9.17, 15) is 0 Å². The van der Waals surface area contributed by atoms with Gasteiger partial charge in [0.25, 0.3) is 0 Å². The highest BCUT2D eigenvalue weighted by Gasteiger charge is 1.98. The molecule has 1 heterocycles. The number of rotatable bonds is 0. The fourth-order valence-electron chi connectivity index (χ4n) is 1.12. The molecule has 1 nitrogen and oxygen atoms in total. The second-order valence-corrected chi connectivity index (χ2v) is 4.58. The van der Waals surface area contributed by atoms with E-state index < -0.39 is 0 Å². The molecule has 0 bridgehead atoms. The van der Waals surface area contributed by atoms with Crippen molar-refractivity contribution in [1.29, 1.82) is 0 Å². The van der Waals surface area contributed by atoms with E-state index in [1.54, 1.807) is 0 Å². The van der Waals surface area contributed by atoms with Crippen LogP contribution in [0.1, 0.15) is 0 Å². The lowest BCUT2D eigenvalue weighted by atomic mass is 10.2. The van der Waals surface area contributed by atoms with Crippen molar-refractivity contribution in [2.45, 2.75) is 0 Å². The van der Waals surface area contributed by atoms with E-state index in [0.29, 0.717) is 0 Å². The summed E-state index contributed by atoms with van der Waals surface area (Å²) in [6.45, 7) is 0. The first-order valence-electron chi connectivity index (χ1n) is 3.46. The second-order valence-electron chi connectivity index (χ2n) is 2.48. The van der Waals surface area contributed by atoms with Crippen molar-refractivity contribution in [3.63, 3.8) is 0 Å². The second kappa shape index (κ2) is 3.30. The van der Waals surface area contributed by atoms with Crippen LogP contribution in [0.4, 0.5) is 0 Å². The minimum atomic E-state index is 1.11. The molecule has 0 saturated carbocycles. The van der Waals surface area contributed by atoms with Gasteiger partial charge < -0.3 is 0 Å². The smallest absolute Gasteiger partial charge is 0.0357 e. The zero-order valence-electron chi connectivity index (χ0n) is 6.09. The van der Waals surface area contributed by atoms with E-state index in [1.807, 2.05) is 18.5 Å². The fraction of sp³-hybridized carbons (Fsp3) is 0. The Bertz CT molecular complexity index is 428. The standard InChI is InChI=1S/C9H5BrIN/c10-9-4-7(11)3-6-1-2-12-5-8(6)9/h1-5H. The number of fused-ring (bicyclic) bond motifs is 1. The van der Waals surface area contributed by atoms with Crippen molar-refractivity contribution < 1.29 is 0 Å². The number of nitrogens with zero attached hydrogens (tertiary/aromatic N) is 1. The normalized spacial score (nSPS) is 10.5. The van der Waals surface area contributed by atoms with Gasteiger partial charge in [-0.25, -0.2) is 0 Å². The first-order chi connectivity index (χ1) is 5.77. The molecule has 2 rings (SSSR count). The molecule has 3 heteroatoms. The summed E-state index contributed by atoms with van der Waals surface area (Å²) in [6, 6.07) is 6.25. The van der Waals surface area contributed by atoms with Crippen LogP contribution >= 0.6 is 38.5 Å². The van der Waals surface area contributed by atoms with E-state index in [2.05, 4.69) is 55.6 Å². The molecule has 12 heavy (non-hydrogen) atoms. The summed E-state index contributed by atoms with van der Waals surface area (Å²) in [5.41, 5.74) is 0. The van der Waals surface area contributed by atoms with Crippen molar-refractivity contribution in [3.8, 4) is 0 Å². The molecule has 0 aliphatic rings. The van der Waals surface area contributed by atoms with E-state index in [-0.39, 0.29) is 0 Å². The summed E-state index contributed by atoms with van der Waals surface area (Å²) < 4.78 is 2.34. The lowest BCUT2D eigenvalue weighted by molar-refractivity contribution is 1.36. The molecule has 0 unspecified atom stereocenters. The van der Waals surface area contributed by atoms with Crippen molar-refractivity contribution in [1.82, 2.24) is 4.98 Å². The summed E-state index contributed by atoms with van der Waals surface area (Å²) in [4.78, 5) is 4.07. The summed E-state index contributed by atoms with van der Waals surface area (Å²) in [6.07, 6.45) is 3.68. The molecule has 0 atom stereocenters. The number of halogens is 2. The molecule has 0 amide bonds. The number of hydrogen-bond donors (Lipinski definition) is 0. The Hall–Kier alpha value is -0.160. The Morgan fingerprint density at radius 1 is 1.33 bits per heavy atom. The van der Waals surface area contributed by atoms with Gasteiger partial charge in [-0.15, -0.1) is 0 Å². The largest absolute Gasteiger partial charge is 0.264 e. The Morgan fingerprint density at radius 3 is 3.00 bits per heavy atom. The van der Waals surface area contributed by atoms with Crippen molar-refractivity contribution in [3.05, 3.63) is 38.6 Å². The zero-order chi connectivity index (χ0) is 8.55. The molecule has 0 aliphatic carbocycles. The topological polar surface area (TPSA) is 12.9 Å². The van der Waals surface area contributed by atoms with Gasteiger partial charge in [-0.1, -0.05) is 15.9 Å². The van der Waals surface area contributed by atoms with E-state index in [4.69, 9.17) is 0 Å². The van der Waals surface area contributed by atoms with Crippen LogP contribution < -0.4 is 0 Å². The van der Waals surface area contributed by atoms with Crippen LogP contribution in [0.2, 0.25) is 0 Å². The van der Waals surface area contributed by atoms with Crippen LogP contribution in [0.15, 0.2) is 35.1 Å². The van der Waals surface area contributed by atoms with Crippen LogP contribution in [-0.2, 0) is 0 Å². The van der Waals surface area contributed by atoms with Gasteiger partial charge in [0.2, 0.25) is 0 Å². The Morgan fingerprint density at radius 2 is 2.17 bits per heavy atom. The molecule has 0 aliphatic heterocycles. The van der Waals surface area contributed by atoms with Crippen LogP contribution in [0.25, 0.3) is 10.8 Å². The molecule has 0 radical (unpaired) electrons. The SMILES string of the molecule is Brc1cc(I)cc2ccncc12. The van der Waals surface area contributed by atoms with Gasteiger partial charge in [0, 0.05) is 25.8 Å². The van der Waals surface area contributed by atoms with Crippen LogP contribution in [0.5, 0.6) is 0 Å². The Labute approximate surface area is 92.5 Å². The van der Waals surface area contributed by atoms with Crippen molar-refractivity contribution >= 4 is 49.3 Å². The van der Waals surface area contributed by atoms with Crippen LogP contribution in [-0.4, -0.2) is 4.98 Å². The molecule has 0 spiro atoms. The van der Waals surface area contributed by atoms with Gasteiger partial charge >= 0.3 is 0 Å². The lowest BCUT2D eigenvalue weighted by Crippen LogP contribution is -1.78. The van der Waals surface area contributed by atoms with Gasteiger partial charge in [0.15, 0.2) is 0 Å². The molecule has 0 fully saturated rings. The number of pyridine rings is 1. The maximum absolute atomic E-state index is 4.07. The van der Waals surface area contributed by atoms with Gasteiger partial charge in [-0.05, 0) is 46.2 Å². The third-order valence-corrected chi connectivity index (χ3v) is 2.95. The quantitative estimate of drug-likeness (QED) is 0.671. The first kappa shape index (κ1) is 8.44. The van der Waals surface area contributed by atoms with Crippen molar-refractivity contribution in [2.75, 3.05) is 0 Å². The van der Waals surface area contributed by atoms with E-state index in [0.717, 1.165) is 9.86 Å². The van der Waals surface area contributed by atoms with Gasteiger partial charge in [0.05, 0.1) is 0 Å². The number of benzene rings is 1. The Balaban J connectivity index is 2.89. The molecule has 0 saturated heterocycles. The summed E-state index contributed by atoms with van der Waals surface area (Å²) >= 11 is 5.81. The van der Waals surface area contributed by atoms with Gasteiger partial charge in [-0.2, -0.15) is 0 Å². The predicted octanol–water partition coefficient (Wildman–Crippen LogP) is 3.60. The molecule has 1 aromatic carbocycles. The maximum Gasteiger partial charge on any atom is 0.0357 e. The Kier molecular flexibility index (Phi) is 2.32. The first-order valence-corrected chi connectivity index (χ1v) is 5.33. The lowest BCUT2D eigenvalue weighted by Gasteiger charge is -1.99. The third kappa shape index (κ3) is 1.47. The number of hydrogen-bond acceptors (Lipinski definition) is 1. The summed E-state index contributed by atoms with van der Waals surface area (Å²) in [5, 5.41) is 2.39. The van der Waals surface area contributed by atoms with E-state index in [1.165, 1.54) is 8.96 Å². The fourth-order valence-corrected chi connectivity index (χ4v) is 2.77. The van der Waals surface area contributed by atoms with Gasteiger partial charge in [-0.3, -0.25) is 4.98 Å². The molecule has 1 aromatic heterocycles. The number of aromatic nitrogens is 1. The molecule has 2 aromatic rings. The molecular weight excluding hydrogens is 329 g/mol. The van der Waals surface area contributed by atoms with Crippen molar-refractivity contribution in [2.24, 2.45) is 0 Å². The molecular formula is C9H5BrIN. The monoisotopic (exact) mass is 333 g/mol. The maximum atomic E-state index is 4.07. The minimum absolute atomic E-state index is 1.11.